The minimum absolute atomic E-state index is 0.0555. The van der Waals surface area contributed by atoms with E-state index in [0.717, 1.165) is 19.4 Å². The second-order valence-corrected chi connectivity index (χ2v) is 5.38. The maximum atomic E-state index is 12.4. The van der Waals surface area contributed by atoms with E-state index in [1.54, 1.807) is 18.2 Å². The molecule has 0 bridgehead atoms. The Labute approximate surface area is 133 Å². The van der Waals surface area contributed by atoms with Crippen molar-refractivity contribution < 1.29 is 14.3 Å². The summed E-state index contributed by atoms with van der Waals surface area (Å²) in [7, 11) is 1.54. The number of hydrogen-bond acceptors (Lipinski definition) is 4. The molecule has 1 aliphatic heterocycles. The lowest BCUT2D eigenvalue weighted by Gasteiger charge is -2.12. The number of benzene rings is 1. The Morgan fingerprint density at radius 2 is 2.35 bits per heavy atom. The molecule has 1 fully saturated rings. The molecule has 0 unspecified atom stereocenters. The largest absolute Gasteiger partial charge is 0.495 e. The van der Waals surface area contributed by atoms with Crippen LogP contribution in [-0.4, -0.2) is 37.4 Å². The zero-order valence-corrected chi connectivity index (χ0v) is 12.8. The van der Waals surface area contributed by atoms with Gasteiger partial charge in [0.25, 0.3) is 0 Å². The van der Waals surface area contributed by atoms with Gasteiger partial charge >= 0.3 is 6.03 Å². The number of rotatable bonds is 4. The molecule has 122 valence electrons. The summed E-state index contributed by atoms with van der Waals surface area (Å²) in [6.45, 7) is 1.17. The Morgan fingerprint density at radius 1 is 1.48 bits per heavy atom. The summed E-state index contributed by atoms with van der Waals surface area (Å²) in [5.74, 6) is 0.578. The van der Waals surface area contributed by atoms with Gasteiger partial charge in [-0.2, -0.15) is 0 Å². The Balaban J connectivity index is 1.74. The van der Waals surface area contributed by atoms with Crippen LogP contribution in [0.5, 0.6) is 5.75 Å². The molecule has 2 heterocycles. The SMILES string of the molecule is COc1cccc2c(=O)c(NC(=O)NC[C@@H]3CCCO3)c[nH]c12. The quantitative estimate of drug-likeness (QED) is 0.802. The van der Waals surface area contributed by atoms with E-state index in [0.29, 0.717) is 23.2 Å². The first-order valence-electron chi connectivity index (χ1n) is 7.54. The van der Waals surface area contributed by atoms with Crippen LogP contribution in [-0.2, 0) is 4.74 Å². The van der Waals surface area contributed by atoms with Crippen molar-refractivity contribution in [2.45, 2.75) is 18.9 Å². The molecule has 23 heavy (non-hydrogen) atoms. The molecule has 0 spiro atoms. The third kappa shape index (κ3) is 3.29. The molecular formula is C16H19N3O4. The predicted octanol–water partition coefficient (Wildman–Crippen LogP) is 1.84. The van der Waals surface area contributed by atoms with Gasteiger partial charge in [-0.05, 0) is 25.0 Å². The minimum atomic E-state index is -0.423. The molecule has 2 amide bonds. The van der Waals surface area contributed by atoms with Gasteiger partial charge in [-0.15, -0.1) is 0 Å². The molecule has 0 saturated carbocycles. The van der Waals surface area contributed by atoms with Crippen LogP contribution >= 0.6 is 0 Å². The molecule has 3 rings (SSSR count). The van der Waals surface area contributed by atoms with Gasteiger partial charge in [0, 0.05) is 19.3 Å². The lowest BCUT2D eigenvalue weighted by molar-refractivity contribution is 0.112. The van der Waals surface area contributed by atoms with Crippen LogP contribution in [0.25, 0.3) is 10.9 Å². The van der Waals surface area contributed by atoms with Crippen molar-refractivity contribution >= 4 is 22.6 Å². The third-order valence-electron chi connectivity index (χ3n) is 3.86. The Kier molecular flexibility index (Phi) is 4.47. The van der Waals surface area contributed by atoms with E-state index in [9.17, 15) is 9.59 Å². The summed E-state index contributed by atoms with van der Waals surface area (Å²) in [5.41, 5.74) is 0.533. The van der Waals surface area contributed by atoms with E-state index in [1.165, 1.54) is 13.3 Å². The molecular weight excluding hydrogens is 298 g/mol. The molecule has 1 saturated heterocycles. The third-order valence-corrected chi connectivity index (χ3v) is 3.86. The zero-order chi connectivity index (χ0) is 16.2. The van der Waals surface area contributed by atoms with Crippen LogP contribution in [0.4, 0.5) is 10.5 Å². The van der Waals surface area contributed by atoms with Crippen molar-refractivity contribution in [3.05, 3.63) is 34.6 Å². The van der Waals surface area contributed by atoms with Crippen molar-refractivity contribution in [1.82, 2.24) is 10.3 Å². The van der Waals surface area contributed by atoms with Gasteiger partial charge in [-0.25, -0.2) is 4.79 Å². The first-order valence-corrected chi connectivity index (χ1v) is 7.54. The number of hydrogen-bond donors (Lipinski definition) is 3. The van der Waals surface area contributed by atoms with Crippen molar-refractivity contribution in [1.29, 1.82) is 0 Å². The van der Waals surface area contributed by atoms with Crippen molar-refractivity contribution in [2.75, 3.05) is 25.6 Å². The number of urea groups is 1. The number of aromatic nitrogens is 1. The number of para-hydroxylation sites is 1. The molecule has 3 N–H and O–H groups in total. The van der Waals surface area contributed by atoms with Crippen LogP contribution < -0.4 is 20.8 Å². The highest BCUT2D eigenvalue weighted by atomic mass is 16.5. The summed E-state index contributed by atoms with van der Waals surface area (Å²) >= 11 is 0. The van der Waals surface area contributed by atoms with Gasteiger partial charge in [0.1, 0.15) is 11.4 Å². The van der Waals surface area contributed by atoms with Crippen molar-refractivity contribution in [3.8, 4) is 5.75 Å². The number of carbonyl (C=O) groups excluding carboxylic acids is 1. The highest BCUT2D eigenvalue weighted by Gasteiger charge is 2.17. The highest BCUT2D eigenvalue weighted by molar-refractivity contribution is 5.93. The molecule has 1 aromatic heterocycles. The molecule has 2 aromatic rings. The maximum Gasteiger partial charge on any atom is 0.319 e. The molecule has 7 heteroatoms. The number of carbonyl (C=O) groups is 1. The number of anilines is 1. The van der Waals surface area contributed by atoms with Gasteiger partial charge in [0.2, 0.25) is 5.43 Å². The standard InChI is InChI=1S/C16H19N3O4/c1-22-13-6-2-5-11-14(13)17-9-12(15(11)20)19-16(21)18-8-10-4-3-7-23-10/h2,5-6,9-10H,3-4,7-8H2,1H3,(H,17,20)(H2,18,19,21)/t10-/m0/s1. The number of aromatic amines is 1. The second kappa shape index (κ2) is 6.70. The number of methoxy groups -OCH3 is 1. The van der Waals surface area contributed by atoms with E-state index in [-0.39, 0.29) is 17.2 Å². The summed E-state index contributed by atoms with van der Waals surface area (Å²) < 4.78 is 10.7. The van der Waals surface area contributed by atoms with E-state index >= 15 is 0 Å². The maximum absolute atomic E-state index is 12.4. The van der Waals surface area contributed by atoms with Crippen LogP contribution in [0.1, 0.15) is 12.8 Å². The van der Waals surface area contributed by atoms with Crippen molar-refractivity contribution in [2.24, 2.45) is 0 Å². The summed E-state index contributed by atoms with van der Waals surface area (Å²) in [5, 5.41) is 5.75. The lowest BCUT2D eigenvalue weighted by Crippen LogP contribution is -2.36. The molecule has 1 aromatic carbocycles. The summed E-state index contributed by atoms with van der Waals surface area (Å²) in [6.07, 6.45) is 3.48. The lowest BCUT2D eigenvalue weighted by atomic mass is 10.2. The number of fused-ring (bicyclic) bond motifs is 1. The van der Waals surface area contributed by atoms with E-state index in [1.807, 2.05) is 0 Å². The van der Waals surface area contributed by atoms with Crippen LogP contribution in [0.2, 0.25) is 0 Å². The van der Waals surface area contributed by atoms with Crippen LogP contribution in [0, 0.1) is 0 Å². The van der Waals surface area contributed by atoms with Crippen molar-refractivity contribution in [3.63, 3.8) is 0 Å². The predicted molar refractivity (Wildman–Crippen MR) is 87.1 cm³/mol. The molecule has 7 nitrogen and oxygen atoms in total. The molecule has 0 radical (unpaired) electrons. The van der Waals surface area contributed by atoms with Gasteiger partial charge < -0.3 is 25.1 Å². The fourth-order valence-electron chi connectivity index (χ4n) is 2.67. The fourth-order valence-corrected chi connectivity index (χ4v) is 2.67. The van der Waals surface area contributed by atoms with E-state index < -0.39 is 6.03 Å². The van der Waals surface area contributed by atoms with Gasteiger partial charge in [0.15, 0.2) is 0 Å². The average Bonchev–Trinajstić information content (AvgIpc) is 3.08. The minimum Gasteiger partial charge on any atom is -0.495 e. The Hall–Kier alpha value is -2.54. The number of H-pyrrole nitrogens is 1. The number of pyridine rings is 1. The first kappa shape index (κ1) is 15.4. The monoisotopic (exact) mass is 317 g/mol. The molecule has 1 aliphatic rings. The summed E-state index contributed by atoms with van der Waals surface area (Å²) in [4.78, 5) is 27.4. The Morgan fingerprint density at radius 3 is 3.09 bits per heavy atom. The topological polar surface area (TPSA) is 92.4 Å². The first-order chi connectivity index (χ1) is 11.2. The smallest absolute Gasteiger partial charge is 0.319 e. The van der Waals surface area contributed by atoms with E-state index in [4.69, 9.17) is 9.47 Å². The zero-order valence-electron chi connectivity index (χ0n) is 12.8. The normalized spacial score (nSPS) is 17.2. The molecule has 1 atom stereocenters. The Bertz CT molecular complexity index is 765. The number of nitrogens with one attached hydrogen (secondary N) is 3. The fraction of sp³-hybridized carbons (Fsp3) is 0.375. The van der Waals surface area contributed by atoms with Gasteiger partial charge in [-0.1, -0.05) is 6.07 Å². The van der Waals surface area contributed by atoms with E-state index in [2.05, 4.69) is 15.6 Å². The van der Waals surface area contributed by atoms with Gasteiger partial charge in [0.05, 0.1) is 24.1 Å². The summed E-state index contributed by atoms with van der Waals surface area (Å²) in [6, 6.07) is 4.76. The second-order valence-electron chi connectivity index (χ2n) is 5.38. The molecule has 0 aliphatic carbocycles. The van der Waals surface area contributed by atoms with Crippen LogP contribution in [0.15, 0.2) is 29.2 Å². The van der Waals surface area contributed by atoms with Gasteiger partial charge in [-0.3, -0.25) is 4.79 Å². The number of amides is 2. The highest BCUT2D eigenvalue weighted by Crippen LogP contribution is 2.21. The average molecular weight is 317 g/mol. The van der Waals surface area contributed by atoms with Crippen LogP contribution in [0.3, 0.4) is 0 Å². The number of ether oxygens (including phenoxy) is 2.